The van der Waals surface area contributed by atoms with Gasteiger partial charge in [-0.1, -0.05) is 24.3 Å². The lowest BCUT2D eigenvalue weighted by Gasteiger charge is -2.25. The first kappa shape index (κ1) is 27.4. The molecule has 10 nitrogen and oxygen atoms in total. The third-order valence-electron chi connectivity index (χ3n) is 5.59. The molecule has 0 saturated carbocycles. The van der Waals surface area contributed by atoms with Crippen LogP contribution in [-0.2, 0) is 14.4 Å². The van der Waals surface area contributed by atoms with Crippen LogP contribution in [0.2, 0.25) is 0 Å². The number of primary amides is 1. The first-order valence-corrected chi connectivity index (χ1v) is 10.9. The van der Waals surface area contributed by atoms with E-state index in [0.717, 1.165) is 23.1 Å². The average Bonchev–Trinajstić information content (AvgIpc) is 3.29. The van der Waals surface area contributed by atoms with Crippen LogP contribution < -0.4 is 21.1 Å². The molecule has 3 rings (SSSR count). The zero-order chi connectivity index (χ0) is 27.3. The molecule has 0 aliphatic carbocycles. The van der Waals surface area contributed by atoms with Gasteiger partial charge >= 0.3 is 6.36 Å². The van der Waals surface area contributed by atoms with Crippen molar-refractivity contribution in [1.29, 1.82) is 5.41 Å². The Morgan fingerprint density at radius 3 is 2.46 bits per heavy atom. The number of hydrogen-bond acceptors (Lipinski definition) is 7. The van der Waals surface area contributed by atoms with Crippen molar-refractivity contribution in [3.8, 4) is 5.75 Å². The predicted molar refractivity (Wildman–Crippen MR) is 123 cm³/mol. The summed E-state index contributed by atoms with van der Waals surface area (Å²) < 4.78 is 55.6. The summed E-state index contributed by atoms with van der Waals surface area (Å²) >= 11 is 0. The Morgan fingerprint density at radius 2 is 1.81 bits per heavy atom. The number of rotatable bonds is 9. The number of halogens is 4. The van der Waals surface area contributed by atoms with Gasteiger partial charge in [-0.15, -0.1) is 13.2 Å². The van der Waals surface area contributed by atoms with Crippen molar-refractivity contribution in [2.75, 3.05) is 30.3 Å². The Balaban J connectivity index is 1.74. The van der Waals surface area contributed by atoms with Gasteiger partial charge in [0.15, 0.2) is 11.6 Å². The van der Waals surface area contributed by atoms with Gasteiger partial charge in [-0.3, -0.25) is 19.8 Å². The number of carbonyl (C=O) groups is 3. The van der Waals surface area contributed by atoms with E-state index in [4.69, 9.17) is 11.1 Å². The molecule has 0 spiro atoms. The lowest BCUT2D eigenvalue weighted by molar-refractivity contribution is -0.275. The van der Waals surface area contributed by atoms with E-state index >= 15 is 0 Å². The topological polar surface area (TPSA) is 158 Å². The standard InChI is InChI=1S/C23H23F4N5O5/c24-19-15(6-3-7-17(19)37-23(25,26)27)31-22(36)16-8-12(11-33)10-32(16)18(34)9-30-14-5-2-1-4-13(14)20(28)21(29)35/h1-7,12,16,28,30,33H,8-11H2,(H2,29,35)(H,31,36)/t12-,16-/m0/s1. The van der Waals surface area contributed by atoms with Gasteiger partial charge in [0.2, 0.25) is 11.8 Å². The number of alkyl halides is 3. The first-order valence-electron chi connectivity index (χ1n) is 10.9. The van der Waals surface area contributed by atoms with Crippen LogP contribution in [0.5, 0.6) is 5.75 Å². The number of carbonyl (C=O) groups excluding carboxylic acids is 3. The smallest absolute Gasteiger partial charge is 0.403 e. The molecule has 1 aliphatic rings. The maximum atomic E-state index is 14.5. The molecule has 2 aromatic rings. The summed E-state index contributed by atoms with van der Waals surface area (Å²) in [7, 11) is 0. The van der Waals surface area contributed by atoms with Gasteiger partial charge in [0, 0.05) is 30.3 Å². The number of likely N-dealkylation sites (tertiary alicyclic amines) is 1. The molecule has 0 aromatic heterocycles. The van der Waals surface area contributed by atoms with Crippen molar-refractivity contribution in [2.24, 2.45) is 11.7 Å². The van der Waals surface area contributed by atoms with Gasteiger partial charge in [-0.25, -0.2) is 4.39 Å². The lowest BCUT2D eigenvalue weighted by Crippen LogP contribution is -2.45. The molecular formula is C23H23F4N5O5. The number of amides is 3. The second kappa shape index (κ2) is 11.2. The largest absolute Gasteiger partial charge is 0.573 e. The molecule has 2 aromatic carbocycles. The van der Waals surface area contributed by atoms with Crippen LogP contribution in [0.25, 0.3) is 0 Å². The minimum Gasteiger partial charge on any atom is -0.403 e. The van der Waals surface area contributed by atoms with Crippen LogP contribution in [-0.4, -0.2) is 65.5 Å². The average molecular weight is 525 g/mol. The summed E-state index contributed by atoms with van der Waals surface area (Å²) in [4.78, 5) is 38.4. The quantitative estimate of drug-likeness (QED) is 0.248. The van der Waals surface area contributed by atoms with Crippen LogP contribution in [0, 0.1) is 17.1 Å². The molecule has 1 fully saturated rings. The molecule has 0 radical (unpaired) electrons. The Bertz CT molecular complexity index is 1210. The zero-order valence-electron chi connectivity index (χ0n) is 19.1. The Hall–Kier alpha value is -4.20. The molecule has 3 amide bonds. The zero-order valence-corrected chi connectivity index (χ0v) is 19.1. The third-order valence-corrected chi connectivity index (χ3v) is 5.59. The minimum absolute atomic E-state index is 0.00639. The predicted octanol–water partition coefficient (Wildman–Crippen LogP) is 1.84. The summed E-state index contributed by atoms with van der Waals surface area (Å²) in [6.07, 6.45) is -5.12. The summed E-state index contributed by atoms with van der Waals surface area (Å²) in [6.45, 7) is -0.718. The molecule has 1 saturated heterocycles. The molecule has 1 heterocycles. The van der Waals surface area contributed by atoms with Crippen LogP contribution in [0.4, 0.5) is 28.9 Å². The SMILES string of the molecule is N=C(C(N)=O)c1ccccc1NCC(=O)N1C[C@@H](CO)C[C@H]1C(=O)Nc1cccc(OC(F)(F)F)c1F. The maximum Gasteiger partial charge on any atom is 0.573 e. The highest BCUT2D eigenvalue weighted by atomic mass is 19.4. The van der Waals surface area contributed by atoms with E-state index in [1.807, 2.05) is 0 Å². The number of nitrogens with two attached hydrogens (primary N) is 1. The fourth-order valence-corrected chi connectivity index (χ4v) is 3.87. The van der Waals surface area contributed by atoms with Gasteiger partial charge in [-0.2, -0.15) is 0 Å². The number of aliphatic hydroxyl groups is 1. The number of benzene rings is 2. The van der Waals surface area contributed by atoms with E-state index in [1.165, 1.54) is 12.1 Å². The van der Waals surface area contributed by atoms with Crippen LogP contribution in [0.15, 0.2) is 42.5 Å². The van der Waals surface area contributed by atoms with Gasteiger partial charge in [0.25, 0.3) is 5.91 Å². The van der Waals surface area contributed by atoms with Crippen molar-refractivity contribution >= 4 is 34.8 Å². The van der Waals surface area contributed by atoms with Crippen LogP contribution in [0.3, 0.4) is 0 Å². The Morgan fingerprint density at radius 1 is 1.14 bits per heavy atom. The van der Waals surface area contributed by atoms with E-state index in [2.05, 4.69) is 15.4 Å². The van der Waals surface area contributed by atoms with Crippen molar-refractivity contribution in [1.82, 2.24) is 4.90 Å². The number of anilines is 2. The van der Waals surface area contributed by atoms with Crippen LogP contribution in [0.1, 0.15) is 12.0 Å². The summed E-state index contributed by atoms with van der Waals surface area (Å²) in [5, 5.41) is 22.3. The van der Waals surface area contributed by atoms with E-state index in [9.17, 15) is 37.1 Å². The molecule has 2 atom stereocenters. The number of ether oxygens (including phenoxy) is 1. The third kappa shape index (κ3) is 6.73. The number of para-hydroxylation sites is 1. The van der Waals surface area contributed by atoms with Crippen LogP contribution >= 0.6 is 0 Å². The first-order chi connectivity index (χ1) is 17.4. The Labute approximate surface area is 207 Å². The van der Waals surface area contributed by atoms with Gasteiger partial charge in [-0.05, 0) is 24.6 Å². The number of aliphatic hydroxyl groups excluding tert-OH is 1. The van der Waals surface area contributed by atoms with Gasteiger partial charge in [0.1, 0.15) is 11.8 Å². The molecule has 0 bridgehead atoms. The van der Waals surface area contributed by atoms with E-state index in [1.54, 1.807) is 12.1 Å². The second-order valence-electron chi connectivity index (χ2n) is 8.14. The molecule has 1 aliphatic heterocycles. The van der Waals surface area contributed by atoms with Gasteiger partial charge < -0.3 is 31.1 Å². The molecular weight excluding hydrogens is 502 g/mol. The fraction of sp³-hybridized carbons (Fsp3) is 0.304. The maximum absolute atomic E-state index is 14.5. The monoisotopic (exact) mass is 525 g/mol. The lowest BCUT2D eigenvalue weighted by atomic mass is 10.1. The van der Waals surface area contributed by atoms with Crippen molar-refractivity contribution in [3.05, 3.63) is 53.8 Å². The fourth-order valence-electron chi connectivity index (χ4n) is 3.87. The van der Waals surface area contributed by atoms with E-state index in [-0.39, 0.29) is 37.4 Å². The van der Waals surface area contributed by atoms with E-state index in [0.29, 0.717) is 0 Å². The molecule has 6 N–H and O–H groups in total. The number of nitrogens with zero attached hydrogens (tertiary/aromatic N) is 1. The molecule has 198 valence electrons. The highest BCUT2D eigenvalue weighted by Gasteiger charge is 2.39. The Kier molecular flexibility index (Phi) is 8.32. The number of nitrogens with one attached hydrogen (secondary N) is 3. The second-order valence-corrected chi connectivity index (χ2v) is 8.14. The van der Waals surface area contributed by atoms with Gasteiger partial charge in [0.05, 0.1) is 12.2 Å². The highest BCUT2D eigenvalue weighted by molar-refractivity contribution is 6.44. The highest BCUT2D eigenvalue weighted by Crippen LogP contribution is 2.31. The normalized spacial score (nSPS) is 17.3. The summed E-state index contributed by atoms with van der Waals surface area (Å²) in [5.74, 6) is -5.49. The molecule has 0 unspecified atom stereocenters. The molecule has 14 heteroatoms. The molecule has 37 heavy (non-hydrogen) atoms. The van der Waals surface area contributed by atoms with E-state index < -0.39 is 59.0 Å². The van der Waals surface area contributed by atoms with Crippen molar-refractivity contribution in [2.45, 2.75) is 18.8 Å². The number of hydrogen-bond donors (Lipinski definition) is 5. The summed E-state index contributed by atoms with van der Waals surface area (Å²) in [6, 6.07) is 7.82. The van der Waals surface area contributed by atoms with Crippen molar-refractivity contribution in [3.63, 3.8) is 0 Å². The van der Waals surface area contributed by atoms with Crippen molar-refractivity contribution < 1.29 is 41.8 Å². The minimum atomic E-state index is -5.14. The summed E-state index contributed by atoms with van der Waals surface area (Å²) in [5.41, 5.74) is 4.53.